The largest absolute Gasteiger partial charge is 0.461 e. The second-order valence-electron chi connectivity index (χ2n) is 4.72. The van der Waals surface area contributed by atoms with Crippen LogP contribution in [-0.2, 0) is 9.53 Å². The highest BCUT2D eigenvalue weighted by Gasteiger charge is 2.22. The number of rotatable bonds is 6. The predicted molar refractivity (Wildman–Crippen MR) is 84.8 cm³/mol. The number of hydrogen-bond acceptors (Lipinski definition) is 12. The van der Waals surface area contributed by atoms with Gasteiger partial charge in [0.05, 0.1) is 18.0 Å². The van der Waals surface area contributed by atoms with E-state index >= 15 is 0 Å². The molecule has 0 spiro atoms. The van der Waals surface area contributed by atoms with Crippen LogP contribution in [0.3, 0.4) is 0 Å². The lowest BCUT2D eigenvalue weighted by molar-refractivity contribution is -0.134. The van der Waals surface area contributed by atoms with Crippen LogP contribution in [0.4, 0.5) is 5.82 Å². The van der Waals surface area contributed by atoms with Crippen LogP contribution < -0.4 is 11.2 Å². The van der Waals surface area contributed by atoms with Crippen LogP contribution >= 0.6 is 0 Å². The number of oxime groups is 1. The van der Waals surface area contributed by atoms with Gasteiger partial charge in [-0.1, -0.05) is 10.4 Å². The van der Waals surface area contributed by atoms with Crippen LogP contribution in [0.25, 0.3) is 5.82 Å². The number of nitrogens with zero attached hydrogens (tertiary/aromatic N) is 7. The molecule has 14 nitrogen and oxygen atoms in total. The molecule has 14 heteroatoms. The minimum atomic E-state index is -0.887. The van der Waals surface area contributed by atoms with Gasteiger partial charge in [0.15, 0.2) is 5.69 Å². The van der Waals surface area contributed by atoms with E-state index in [1.165, 1.54) is 6.92 Å². The molecule has 138 valence electrons. The van der Waals surface area contributed by atoms with Crippen LogP contribution in [0.2, 0.25) is 0 Å². The third kappa shape index (κ3) is 3.63. The normalized spacial score (nSPS) is 12.1. The van der Waals surface area contributed by atoms with Crippen molar-refractivity contribution in [3.05, 3.63) is 11.4 Å². The maximum absolute atomic E-state index is 12.2. The van der Waals surface area contributed by atoms with Crippen LogP contribution in [0, 0.1) is 6.92 Å². The standard InChI is InChI=1S/C12H15N9O5/c1-4-25-12(23)7(17-24)5(2)14-16-11(22)8-6(3)21(20-15-8)10-9(13)18-26-19-10/h24H,4H2,1-3H3,(H2,13,18)(H,16,22). The average Bonchev–Trinajstić information content (AvgIpc) is 3.19. The molecule has 0 saturated carbocycles. The highest BCUT2D eigenvalue weighted by atomic mass is 16.6. The van der Waals surface area contributed by atoms with Gasteiger partial charge in [0.2, 0.25) is 17.3 Å². The van der Waals surface area contributed by atoms with Gasteiger partial charge in [-0.15, -0.1) is 5.10 Å². The summed E-state index contributed by atoms with van der Waals surface area (Å²) in [5, 5.41) is 29.8. The third-order valence-electron chi connectivity index (χ3n) is 3.04. The van der Waals surface area contributed by atoms with E-state index in [4.69, 9.17) is 15.7 Å². The first-order chi connectivity index (χ1) is 12.4. The molecule has 0 bridgehead atoms. The van der Waals surface area contributed by atoms with E-state index in [-0.39, 0.29) is 29.6 Å². The molecule has 0 aliphatic carbocycles. The third-order valence-corrected chi connectivity index (χ3v) is 3.04. The van der Waals surface area contributed by atoms with Crippen molar-refractivity contribution in [3.63, 3.8) is 0 Å². The van der Waals surface area contributed by atoms with Crippen molar-refractivity contribution in [2.24, 2.45) is 10.3 Å². The van der Waals surface area contributed by atoms with Gasteiger partial charge in [-0.05, 0) is 31.1 Å². The van der Waals surface area contributed by atoms with Crippen molar-refractivity contribution < 1.29 is 24.2 Å². The second kappa shape index (κ2) is 7.82. The number of ether oxygens (including phenoxy) is 1. The summed E-state index contributed by atoms with van der Waals surface area (Å²) in [5.41, 5.74) is 7.42. The molecule has 0 aliphatic heterocycles. The minimum absolute atomic E-state index is 0.0305. The average molecular weight is 365 g/mol. The Kier molecular flexibility index (Phi) is 5.56. The Hall–Kier alpha value is -3.84. The summed E-state index contributed by atoms with van der Waals surface area (Å²) in [6.45, 7) is 4.56. The fourth-order valence-corrected chi connectivity index (χ4v) is 1.78. The van der Waals surface area contributed by atoms with Crippen LogP contribution in [0.1, 0.15) is 30.0 Å². The Morgan fingerprint density at radius 1 is 1.42 bits per heavy atom. The summed E-state index contributed by atoms with van der Waals surface area (Å²) in [6.07, 6.45) is 0. The van der Waals surface area contributed by atoms with Gasteiger partial charge >= 0.3 is 5.97 Å². The Morgan fingerprint density at radius 2 is 2.15 bits per heavy atom. The van der Waals surface area contributed by atoms with Crippen LogP contribution in [0.15, 0.2) is 14.9 Å². The Morgan fingerprint density at radius 3 is 2.73 bits per heavy atom. The predicted octanol–water partition coefficient (Wildman–Crippen LogP) is -0.960. The van der Waals surface area contributed by atoms with Crippen LogP contribution in [-0.4, -0.2) is 60.4 Å². The number of anilines is 1. The molecule has 0 unspecified atom stereocenters. The molecule has 26 heavy (non-hydrogen) atoms. The van der Waals surface area contributed by atoms with E-state index in [9.17, 15) is 9.59 Å². The molecule has 2 aromatic rings. The second-order valence-corrected chi connectivity index (χ2v) is 4.72. The van der Waals surface area contributed by atoms with Crippen molar-refractivity contribution >= 4 is 29.1 Å². The molecule has 2 rings (SSSR count). The van der Waals surface area contributed by atoms with E-state index in [2.05, 4.69) is 40.9 Å². The Labute approximate surface area is 145 Å². The lowest BCUT2D eigenvalue weighted by atomic mass is 10.2. The maximum atomic E-state index is 12.2. The number of nitrogens with two attached hydrogens (primary N) is 1. The lowest BCUT2D eigenvalue weighted by Gasteiger charge is -2.04. The Bertz CT molecular complexity index is 882. The van der Waals surface area contributed by atoms with Crippen LogP contribution in [0.5, 0.6) is 0 Å². The zero-order chi connectivity index (χ0) is 19.3. The monoisotopic (exact) mass is 365 g/mol. The molecular formula is C12H15N9O5. The topological polar surface area (TPSA) is 196 Å². The van der Waals surface area contributed by atoms with Crippen molar-refractivity contribution in [1.82, 2.24) is 30.7 Å². The number of nitrogen functional groups attached to an aromatic ring is 1. The van der Waals surface area contributed by atoms with Crippen molar-refractivity contribution in [3.8, 4) is 5.82 Å². The molecule has 1 amide bonds. The Balaban J connectivity index is 2.17. The smallest absolute Gasteiger partial charge is 0.362 e. The zero-order valence-corrected chi connectivity index (χ0v) is 14.0. The number of carbonyl (C=O) groups excluding carboxylic acids is 2. The maximum Gasteiger partial charge on any atom is 0.362 e. The van der Waals surface area contributed by atoms with Gasteiger partial charge in [-0.3, -0.25) is 4.79 Å². The molecule has 2 heterocycles. The number of nitrogens with one attached hydrogen (secondary N) is 1. The number of aromatic nitrogens is 5. The van der Waals surface area contributed by atoms with E-state index in [1.807, 2.05) is 0 Å². The molecule has 0 radical (unpaired) electrons. The van der Waals surface area contributed by atoms with Gasteiger partial charge in [0.1, 0.15) is 0 Å². The van der Waals surface area contributed by atoms with E-state index in [1.54, 1.807) is 13.8 Å². The first-order valence-electron chi connectivity index (χ1n) is 7.15. The minimum Gasteiger partial charge on any atom is -0.461 e. The first kappa shape index (κ1) is 18.5. The lowest BCUT2D eigenvalue weighted by Crippen LogP contribution is -2.28. The molecular weight excluding hydrogens is 350 g/mol. The number of esters is 1. The fourth-order valence-electron chi connectivity index (χ4n) is 1.78. The molecule has 4 N–H and O–H groups in total. The molecule has 0 fully saturated rings. The molecule has 0 aromatic carbocycles. The quantitative estimate of drug-likeness (QED) is 0.248. The zero-order valence-electron chi connectivity index (χ0n) is 14.0. The molecule has 0 saturated heterocycles. The summed E-state index contributed by atoms with van der Waals surface area (Å²) < 4.78 is 10.3. The van der Waals surface area contributed by atoms with Crippen molar-refractivity contribution in [2.45, 2.75) is 20.8 Å². The first-order valence-corrected chi connectivity index (χ1v) is 7.15. The summed E-state index contributed by atoms with van der Waals surface area (Å²) in [5.74, 6) is -1.58. The highest BCUT2D eigenvalue weighted by Crippen LogP contribution is 2.14. The van der Waals surface area contributed by atoms with Crippen molar-refractivity contribution in [2.75, 3.05) is 12.3 Å². The van der Waals surface area contributed by atoms with E-state index < -0.39 is 17.6 Å². The van der Waals surface area contributed by atoms with Gasteiger partial charge in [-0.2, -0.15) is 9.78 Å². The summed E-state index contributed by atoms with van der Waals surface area (Å²) in [4.78, 5) is 23.8. The van der Waals surface area contributed by atoms with Crippen molar-refractivity contribution in [1.29, 1.82) is 0 Å². The summed E-state index contributed by atoms with van der Waals surface area (Å²) in [7, 11) is 0. The molecule has 2 aromatic heterocycles. The van der Waals surface area contributed by atoms with Gasteiger partial charge in [0.25, 0.3) is 5.91 Å². The summed E-state index contributed by atoms with van der Waals surface area (Å²) in [6, 6.07) is 0. The van der Waals surface area contributed by atoms with E-state index in [0.29, 0.717) is 5.69 Å². The van der Waals surface area contributed by atoms with E-state index in [0.717, 1.165) is 4.68 Å². The number of hydrogen-bond donors (Lipinski definition) is 3. The fraction of sp³-hybridized carbons (Fsp3) is 0.333. The number of carbonyl (C=O) groups is 2. The number of amides is 1. The van der Waals surface area contributed by atoms with Gasteiger partial charge in [0, 0.05) is 0 Å². The number of hydrazone groups is 1. The molecule has 0 atom stereocenters. The summed E-state index contributed by atoms with van der Waals surface area (Å²) >= 11 is 0. The van der Waals surface area contributed by atoms with Gasteiger partial charge < -0.3 is 15.7 Å². The molecule has 0 aliphatic rings. The van der Waals surface area contributed by atoms with Gasteiger partial charge in [-0.25, -0.2) is 14.8 Å². The highest BCUT2D eigenvalue weighted by molar-refractivity contribution is 6.65. The SMILES string of the molecule is CCOC(=O)C(=NO)C(C)=NNC(=O)c1nnn(-c2nonc2N)c1C.